The molecule has 5 aromatic rings. The molecule has 11 rings (SSSR count). The quantitative estimate of drug-likeness (QED) is 0.199. The van der Waals surface area contributed by atoms with Crippen LogP contribution in [0.15, 0.2) is 97.1 Å². The second-order valence-electron chi connectivity index (χ2n) is 16.5. The Bertz CT molecular complexity index is 2230. The van der Waals surface area contributed by atoms with E-state index in [1.54, 1.807) is 18.2 Å². The van der Waals surface area contributed by atoms with Gasteiger partial charge in [-0.15, -0.1) is 0 Å². The number of fused-ring (bicyclic) bond motifs is 15. The van der Waals surface area contributed by atoms with Gasteiger partial charge in [0, 0.05) is 40.9 Å². The molecule has 0 aromatic heterocycles. The smallest absolute Gasteiger partial charge is 0.178 e. The van der Waals surface area contributed by atoms with Crippen molar-refractivity contribution >= 4 is 28.2 Å². The third kappa shape index (κ3) is 4.89. The molecule has 2 saturated heterocycles. The molecule has 5 heteroatoms. The zero-order valence-electron chi connectivity index (χ0n) is 30.8. The summed E-state index contributed by atoms with van der Waals surface area (Å²) in [6.07, 6.45) is 12.7. The van der Waals surface area contributed by atoms with Crippen molar-refractivity contribution in [2.75, 3.05) is 51.4 Å². The van der Waals surface area contributed by atoms with Crippen LogP contribution in [0.25, 0.3) is 28.0 Å². The standard InChI is InChI=1S/C48H48N2O3/c1-51-37-18-13-34(14-19-37)48(33-11-15-35(16-12-33)50-25-27-52-28-26-50)22-21-41-46-44-32-10-9-31(29-32)43(44)38-7-3-4-8-39(38)45(46)40-20-17-36(30-42(40)47(41)53-48)49-23-5-2-6-24-49/h3-4,7-8,11-22,30-32,43-44H,2,5-6,9-10,23-29H2,1H3/p+1. The van der Waals surface area contributed by atoms with Gasteiger partial charge in [0.05, 0.1) is 20.3 Å². The Kier molecular flexibility index (Phi) is 7.52. The van der Waals surface area contributed by atoms with Crippen LogP contribution in [-0.2, 0) is 10.3 Å². The molecule has 0 radical (unpaired) electrons. The summed E-state index contributed by atoms with van der Waals surface area (Å²) in [6, 6.07) is 34.5. The van der Waals surface area contributed by atoms with Gasteiger partial charge in [-0.25, -0.2) is 0 Å². The van der Waals surface area contributed by atoms with Crippen molar-refractivity contribution in [1.82, 2.24) is 0 Å². The molecular formula is C48H49N2O3+. The van der Waals surface area contributed by atoms with Crippen molar-refractivity contribution in [3.05, 3.63) is 125 Å². The van der Waals surface area contributed by atoms with E-state index in [-0.39, 0.29) is 0 Å². The van der Waals surface area contributed by atoms with Crippen LogP contribution in [0.1, 0.15) is 78.2 Å². The Hall–Kier alpha value is -4.58. The number of quaternary nitrogens is 1. The Labute approximate surface area is 313 Å². The molecular weight excluding hydrogens is 653 g/mol. The summed E-state index contributed by atoms with van der Waals surface area (Å²) in [5.41, 5.74) is 11.4. The number of benzene rings is 5. The van der Waals surface area contributed by atoms with Gasteiger partial charge in [-0.3, -0.25) is 4.90 Å². The van der Waals surface area contributed by atoms with Crippen molar-refractivity contribution in [1.29, 1.82) is 0 Å². The molecule has 4 fully saturated rings. The van der Waals surface area contributed by atoms with Gasteiger partial charge < -0.3 is 19.1 Å². The maximum atomic E-state index is 7.82. The predicted octanol–water partition coefficient (Wildman–Crippen LogP) is 9.01. The third-order valence-corrected chi connectivity index (χ3v) is 14.0. The van der Waals surface area contributed by atoms with Gasteiger partial charge in [0.15, 0.2) is 5.60 Å². The van der Waals surface area contributed by atoms with E-state index in [1.165, 1.54) is 82.3 Å². The highest BCUT2D eigenvalue weighted by Crippen LogP contribution is 2.68. The molecule has 2 saturated carbocycles. The molecule has 0 amide bonds. The fraction of sp³-hybridized carbons (Fsp3) is 0.375. The number of piperidine rings is 1. The molecule has 5 atom stereocenters. The number of nitrogens with one attached hydrogen (secondary N) is 1. The molecule has 3 heterocycles. The average Bonchev–Trinajstić information content (AvgIpc) is 3.87. The first-order valence-corrected chi connectivity index (χ1v) is 20.2. The normalized spacial score (nSPS) is 27.2. The van der Waals surface area contributed by atoms with Crippen LogP contribution in [-0.4, -0.2) is 46.5 Å². The van der Waals surface area contributed by atoms with E-state index in [0.717, 1.165) is 73.9 Å². The number of nitrogens with zero attached hydrogens (tertiary/aromatic N) is 1. The lowest BCUT2D eigenvalue weighted by Crippen LogP contribution is -3.09. The van der Waals surface area contributed by atoms with Crippen LogP contribution in [0.5, 0.6) is 11.5 Å². The summed E-state index contributed by atoms with van der Waals surface area (Å²) in [7, 11) is 1.74. The molecule has 5 nitrogen and oxygen atoms in total. The Morgan fingerprint density at radius 1 is 0.774 bits per heavy atom. The number of ether oxygens (including phenoxy) is 3. The number of methoxy groups -OCH3 is 1. The SMILES string of the molecule is COc1ccc(C2(c3ccc([NH+]4CCOCC4)cc3)C=Cc3c4c(c5ccc(N6CCCCC6)cc5c3O2)-c2ccccc2C2C3CCC(C3)C42)cc1. The van der Waals surface area contributed by atoms with Crippen LogP contribution >= 0.6 is 0 Å². The minimum Gasteiger partial charge on any atom is -0.497 e. The van der Waals surface area contributed by atoms with E-state index >= 15 is 0 Å². The number of rotatable bonds is 5. The van der Waals surface area contributed by atoms with E-state index in [4.69, 9.17) is 14.2 Å². The van der Waals surface area contributed by atoms with Crippen molar-refractivity contribution in [2.24, 2.45) is 11.8 Å². The van der Waals surface area contributed by atoms with E-state index in [9.17, 15) is 0 Å². The molecule has 2 bridgehead atoms. The van der Waals surface area contributed by atoms with E-state index in [1.807, 2.05) is 0 Å². The number of anilines is 1. The second-order valence-corrected chi connectivity index (χ2v) is 16.5. The first-order chi connectivity index (χ1) is 26.2. The summed E-state index contributed by atoms with van der Waals surface area (Å²) in [5, 5.41) is 2.56. The van der Waals surface area contributed by atoms with E-state index in [2.05, 4.69) is 108 Å². The summed E-state index contributed by atoms with van der Waals surface area (Å²) < 4.78 is 19.1. The van der Waals surface area contributed by atoms with Crippen LogP contribution in [0.2, 0.25) is 0 Å². The Morgan fingerprint density at radius 3 is 2.28 bits per heavy atom. The maximum absolute atomic E-state index is 7.82. The molecule has 3 aliphatic heterocycles. The van der Waals surface area contributed by atoms with Crippen LogP contribution < -0.4 is 19.3 Å². The molecule has 3 aliphatic carbocycles. The van der Waals surface area contributed by atoms with Crippen LogP contribution in [0.3, 0.4) is 0 Å². The van der Waals surface area contributed by atoms with Gasteiger partial charge in [0.25, 0.3) is 0 Å². The maximum Gasteiger partial charge on any atom is 0.178 e. The minimum absolute atomic E-state index is 0.524. The topological polar surface area (TPSA) is 35.4 Å². The zero-order chi connectivity index (χ0) is 35.1. The highest BCUT2D eigenvalue weighted by Gasteiger charge is 2.53. The Morgan fingerprint density at radius 2 is 1.51 bits per heavy atom. The fourth-order valence-electron chi connectivity index (χ4n) is 11.5. The van der Waals surface area contributed by atoms with Gasteiger partial charge in [0.1, 0.15) is 30.3 Å². The third-order valence-electron chi connectivity index (χ3n) is 14.0. The monoisotopic (exact) mass is 701 g/mol. The summed E-state index contributed by atoms with van der Waals surface area (Å²) in [4.78, 5) is 4.08. The Balaban J connectivity index is 1.15. The van der Waals surface area contributed by atoms with Crippen molar-refractivity contribution in [3.8, 4) is 22.6 Å². The lowest BCUT2D eigenvalue weighted by atomic mass is 9.63. The summed E-state index contributed by atoms with van der Waals surface area (Å²) in [6.45, 7) is 5.83. The molecule has 53 heavy (non-hydrogen) atoms. The van der Waals surface area contributed by atoms with Gasteiger partial charge in [-0.2, -0.15) is 0 Å². The zero-order valence-corrected chi connectivity index (χ0v) is 30.8. The first kappa shape index (κ1) is 31.9. The highest BCUT2D eigenvalue weighted by molar-refractivity contribution is 6.08. The molecule has 268 valence electrons. The minimum atomic E-state index is -0.804. The second kappa shape index (κ2) is 12.5. The lowest BCUT2D eigenvalue weighted by Gasteiger charge is -2.43. The molecule has 5 unspecified atom stereocenters. The van der Waals surface area contributed by atoms with Crippen molar-refractivity contribution in [2.45, 2.75) is 56.0 Å². The lowest BCUT2D eigenvalue weighted by molar-refractivity contribution is -0.842. The number of morpholine rings is 1. The fourth-order valence-corrected chi connectivity index (χ4v) is 11.5. The number of hydrogen-bond donors (Lipinski definition) is 1. The van der Waals surface area contributed by atoms with Crippen LogP contribution in [0.4, 0.5) is 11.4 Å². The van der Waals surface area contributed by atoms with Gasteiger partial charge >= 0.3 is 0 Å². The highest BCUT2D eigenvalue weighted by atomic mass is 16.5. The van der Waals surface area contributed by atoms with Gasteiger partial charge in [-0.05, 0) is 144 Å². The van der Waals surface area contributed by atoms with E-state index in [0.29, 0.717) is 11.8 Å². The summed E-state index contributed by atoms with van der Waals surface area (Å²) >= 11 is 0. The molecule has 6 aliphatic rings. The van der Waals surface area contributed by atoms with Crippen LogP contribution in [0, 0.1) is 11.8 Å². The summed E-state index contributed by atoms with van der Waals surface area (Å²) in [5.74, 6) is 4.50. The molecule has 0 spiro atoms. The average molecular weight is 702 g/mol. The molecule has 1 N–H and O–H groups in total. The van der Waals surface area contributed by atoms with E-state index < -0.39 is 5.60 Å². The molecule has 5 aromatic carbocycles. The first-order valence-electron chi connectivity index (χ1n) is 20.2. The van der Waals surface area contributed by atoms with Gasteiger partial charge in [-0.1, -0.05) is 48.5 Å². The van der Waals surface area contributed by atoms with Crippen molar-refractivity contribution in [3.63, 3.8) is 0 Å². The van der Waals surface area contributed by atoms with Crippen molar-refractivity contribution < 1.29 is 19.1 Å². The predicted molar refractivity (Wildman–Crippen MR) is 213 cm³/mol. The largest absolute Gasteiger partial charge is 0.497 e. The van der Waals surface area contributed by atoms with Gasteiger partial charge in [0.2, 0.25) is 0 Å². The number of hydrogen-bond acceptors (Lipinski definition) is 4.